The summed E-state index contributed by atoms with van der Waals surface area (Å²) in [6, 6.07) is 14.4. The molecule has 4 rings (SSSR count). The van der Waals surface area contributed by atoms with E-state index in [9.17, 15) is 0 Å². The molecule has 0 N–H and O–H groups in total. The molecule has 0 bridgehead atoms. The summed E-state index contributed by atoms with van der Waals surface area (Å²) in [7, 11) is 1.70. The number of nitrogens with zero attached hydrogens (tertiary/aromatic N) is 2. The van der Waals surface area contributed by atoms with E-state index in [-0.39, 0.29) is 6.10 Å². The number of thiazole rings is 1. The maximum absolute atomic E-state index is 6.22. The van der Waals surface area contributed by atoms with Crippen LogP contribution in [0.2, 0.25) is 0 Å². The van der Waals surface area contributed by atoms with E-state index in [1.807, 2.05) is 18.2 Å². The molecule has 1 aliphatic rings. The van der Waals surface area contributed by atoms with Crippen molar-refractivity contribution in [1.29, 1.82) is 0 Å². The summed E-state index contributed by atoms with van der Waals surface area (Å²) < 4.78 is 12.8. The van der Waals surface area contributed by atoms with Crippen LogP contribution in [0.4, 0.5) is 0 Å². The van der Waals surface area contributed by atoms with Crippen molar-refractivity contribution >= 4 is 21.6 Å². The topological polar surface area (TPSA) is 34.6 Å². The van der Waals surface area contributed by atoms with E-state index in [0.29, 0.717) is 0 Å². The van der Waals surface area contributed by atoms with Gasteiger partial charge in [-0.25, -0.2) is 4.98 Å². The predicted octanol–water partition coefficient (Wildman–Crippen LogP) is 4.48. The van der Waals surface area contributed by atoms with Gasteiger partial charge in [-0.1, -0.05) is 19.1 Å². The number of methoxy groups -OCH3 is 1. The van der Waals surface area contributed by atoms with E-state index < -0.39 is 0 Å². The Morgan fingerprint density at radius 1 is 1.28 bits per heavy atom. The predicted molar refractivity (Wildman–Crippen MR) is 101 cm³/mol. The number of fused-ring (bicyclic) bond motifs is 2. The van der Waals surface area contributed by atoms with Gasteiger partial charge in [0.2, 0.25) is 0 Å². The molecule has 0 saturated heterocycles. The Morgan fingerprint density at radius 2 is 2.16 bits per heavy atom. The van der Waals surface area contributed by atoms with E-state index in [1.54, 1.807) is 18.4 Å². The fourth-order valence-electron chi connectivity index (χ4n) is 3.24. The minimum Gasteiger partial charge on any atom is -0.497 e. The van der Waals surface area contributed by atoms with Crippen LogP contribution in [0.15, 0.2) is 42.5 Å². The van der Waals surface area contributed by atoms with Crippen molar-refractivity contribution in [2.24, 2.45) is 0 Å². The maximum Gasteiger partial charge on any atom is 0.124 e. The Hall–Kier alpha value is -2.11. The fraction of sp³-hybridized carbons (Fsp3) is 0.350. The molecule has 4 nitrogen and oxygen atoms in total. The SMILES string of the molecule is CCC1CN(Cc2nc3ccccc3s2)Cc2cc(OC)ccc2O1. The summed E-state index contributed by atoms with van der Waals surface area (Å²) in [6.45, 7) is 4.77. The standard InChI is InChI=1S/C20H22N2O2S/c1-3-15-12-22(11-14-10-16(23-2)8-9-18(14)24-15)13-20-21-17-6-4-5-7-19(17)25-20/h4-10,15H,3,11-13H2,1-2H3. The zero-order chi connectivity index (χ0) is 17.2. The molecule has 1 atom stereocenters. The highest BCUT2D eigenvalue weighted by molar-refractivity contribution is 7.18. The molecule has 130 valence electrons. The molecule has 1 aliphatic heterocycles. The van der Waals surface area contributed by atoms with Gasteiger partial charge in [0.15, 0.2) is 0 Å². The molecule has 0 fully saturated rings. The molecule has 1 aromatic heterocycles. The van der Waals surface area contributed by atoms with Crippen molar-refractivity contribution in [3.8, 4) is 11.5 Å². The van der Waals surface area contributed by atoms with Gasteiger partial charge in [0.05, 0.1) is 23.9 Å². The molecule has 5 heteroatoms. The molecule has 0 saturated carbocycles. The van der Waals surface area contributed by atoms with Crippen LogP contribution in [0.1, 0.15) is 23.9 Å². The summed E-state index contributed by atoms with van der Waals surface area (Å²) in [4.78, 5) is 7.22. The van der Waals surface area contributed by atoms with Gasteiger partial charge in [-0.2, -0.15) is 0 Å². The normalized spacial score (nSPS) is 17.8. The van der Waals surface area contributed by atoms with Crippen LogP contribution in [0.25, 0.3) is 10.2 Å². The van der Waals surface area contributed by atoms with Crippen molar-refractivity contribution in [3.05, 3.63) is 53.0 Å². The third-order valence-corrected chi connectivity index (χ3v) is 5.59. The van der Waals surface area contributed by atoms with Crippen molar-refractivity contribution in [2.45, 2.75) is 32.5 Å². The maximum atomic E-state index is 6.22. The Kier molecular flexibility index (Phi) is 4.59. The smallest absolute Gasteiger partial charge is 0.124 e. The molecule has 1 unspecified atom stereocenters. The first kappa shape index (κ1) is 16.4. The number of hydrogen-bond acceptors (Lipinski definition) is 5. The Morgan fingerprint density at radius 3 is 2.96 bits per heavy atom. The van der Waals surface area contributed by atoms with E-state index in [2.05, 4.69) is 36.1 Å². The number of hydrogen-bond donors (Lipinski definition) is 0. The van der Waals surface area contributed by atoms with E-state index >= 15 is 0 Å². The van der Waals surface area contributed by atoms with Crippen LogP contribution in [-0.4, -0.2) is 29.6 Å². The summed E-state index contributed by atoms with van der Waals surface area (Å²) >= 11 is 1.78. The first-order chi connectivity index (χ1) is 12.2. The third-order valence-electron chi connectivity index (χ3n) is 4.57. The highest BCUT2D eigenvalue weighted by atomic mass is 32.1. The number of para-hydroxylation sites is 1. The summed E-state index contributed by atoms with van der Waals surface area (Å²) in [5.41, 5.74) is 2.26. The Balaban J connectivity index is 1.61. The van der Waals surface area contributed by atoms with E-state index in [4.69, 9.17) is 14.5 Å². The lowest BCUT2D eigenvalue weighted by molar-refractivity contribution is 0.139. The average Bonchev–Trinajstić information content (AvgIpc) is 2.95. The van der Waals surface area contributed by atoms with Crippen LogP contribution >= 0.6 is 11.3 Å². The Bertz CT molecular complexity index is 844. The quantitative estimate of drug-likeness (QED) is 0.692. The summed E-state index contributed by atoms with van der Waals surface area (Å²) in [6.07, 6.45) is 1.19. The molecule has 0 spiro atoms. The van der Waals surface area contributed by atoms with Crippen LogP contribution in [0, 0.1) is 0 Å². The number of benzene rings is 2. The zero-order valence-electron chi connectivity index (χ0n) is 14.6. The summed E-state index contributed by atoms with van der Waals surface area (Å²) in [5.74, 6) is 1.84. The van der Waals surface area contributed by atoms with Crippen molar-refractivity contribution in [1.82, 2.24) is 9.88 Å². The molecular weight excluding hydrogens is 332 g/mol. The van der Waals surface area contributed by atoms with Gasteiger partial charge < -0.3 is 9.47 Å². The molecule has 0 radical (unpaired) electrons. The number of ether oxygens (including phenoxy) is 2. The van der Waals surface area contributed by atoms with Crippen LogP contribution < -0.4 is 9.47 Å². The van der Waals surface area contributed by atoms with Gasteiger partial charge in [0, 0.05) is 18.7 Å². The van der Waals surface area contributed by atoms with Gasteiger partial charge in [-0.05, 0) is 36.8 Å². The van der Waals surface area contributed by atoms with Gasteiger partial charge in [-0.3, -0.25) is 4.90 Å². The van der Waals surface area contributed by atoms with Crippen molar-refractivity contribution < 1.29 is 9.47 Å². The zero-order valence-corrected chi connectivity index (χ0v) is 15.4. The first-order valence-electron chi connectivity index (χ1n) is 8.65. The van der Waals surface area contributed by atoms with Crippen LogP contribution in [-0.2, 0) is 13.1 Å². The second-order valence-electron chi connectivity index (χ2n) is 6.37. The van der Waals surface area contributed by atoms with E-state index in [1.165, 1.54) is 10.3 Å². The summed E-state index contributed by atoms with van der Waals surface area (Å²) in [5, 5.41) is 1.15. The number of rotatable bonds is 4. The second-order valence-corrected chi connectivity index (χ2v) is 7.48. The van der Waals surface area contributed by atoms with E-state index in [0.717, 1.165) is 48.1 Å². The molecule has 25 heavy (non-hydrogen) atoms. The van der Waals surface area contributed by atoms with Gasteiger partial charge in [0.25, 0.3) is 0 Å². The molecule has 3 aromatic rings. The van der Waals surface area contributed by atoms with Crippen LogP contribution in [0.3, 0.4) is 0 Å². The first-order valence-corrected chi connectivity index (χ1v) is 9.47. The largest absolute Gasteiger partial charge is 0.497 e. The molecular formula is C20H22N2O2S. The minimum absolute atomic E-state index is 0.198. The third kappa shape index (κ3) is 3.48. The minimum atomic E-state index is 0.198. The highest BCUT2D eigenvalue weighted by Crippen LogP contribution is 2.31. The van der Waals surface area contributed by atoms with Gasteiger partial charge >= 0.3 is 0 Å². The molecule has 0 aliphatic carbocycles. The van der Waals surface area contributed by atoms with Gasteiger partial charge in [-0.15, -0.1) is 11.3 Å². The van der Waals surface area contributed by atoms with Crippen molar-refractivity contribution in [3.63, 3.8) is 0 Å². The van der Waals surface area contributed by atoms with Crippen molar-refractivity contribution in [2.75, 3.05) is 13.7 Å². The lowest BCUT2D eigenvalue weighted by Crippen LogP contribution is -2.32. The fourth-order valence-corrected chi connectivity index (χ4v) is 4.25. The molecule has 2 heterocycles. The number of aromatic nitrogens is 1. The lowest BCUT2D eigenvalue weighted by Gasteiger charge is -2.22. The lowest BCUT2D eigenvalue weighted by atomic mass is 10.2. The molecule has 0 amide bonds. The van der Waals surface area contributed by atoms with Crippen LogP contribution in [0.5, 0.6) is 11.5 Å². The Labute approximate surface area is 152 Å². The second kappa shape index (κ2) is 7.02. The average molecular weight is 354 g/mol. The molecule has 2 aromatic carbocycles. The highest BCUT2D eigenvalue weighted by Gasteiger charge is 2.23. The monoisotopic (exact) mass is 354 g/mol. The van der Waals surface area contributed by atoms with Gasteiger partial charge in [0.1, 0.15) is 22.6 Å².